The number of benzene rings is 2. The molecule has 0 aliphatic carbocycles. The van der Waals surface area contributed by atoms with E-state index in [0.29, 0.717) is 12.1 Å². The van der Waals surface area contributed by atoms with Crippen LogP contribution in [0.1, 0.15) is 15.9 Å². The van der Waals surface area contributed by atoms with E-state index in [-0.39, 0.29) is 5.91 Å². The van der Waals surface area contributed by atoms with E-state index in [9.17, 15) is 4.79 Å². The van der Waals surface area contributed by atoms with Crippen LogP contribution in [-0.2, 0) is 6.42 Å². The Kier molecular flexibility index (Phi) is 5.50. The molecule has 2 aromatic carbocycles. The third-order valence-electron chi connectivity index (χ3n) is 3.80. The number of rotatable bonds is 6. The zero-order valence-electron chi connectivity index (χ0n) is 13.8. The second-order valence-corrected chi connectivity index (χ2v) is 6.42. The Balaban J connectivity index is 1.54. The van der Waals surface area contributed by atoms with Crippen LogP contribution in [0.25, 0.3) is 5.69 Å². The monoisotopic (exact) mass is 399 g/mol. The molecule has 1 N–H and O–H groups in total. The molecule has 5 nitrogen and oxygen atoms in total. The molecule has 0 atom stereocenters. The minimum atomic E-state index is -0.0818. The average molecular weight is 400 g/mol. The van der Waals surface area contributed by atoms with Crippen LogP contribution in [0.15, 0.2) is 65.4 Å². The summed E-state index contributed by atoms with van der Waals surface area (Å²) < 4.78 is 7.79. The highest BCUT2D eigenvalue weighted by atomic mass is 79.9. The molecular weight excluding hydrogens is 382 g/mol. The van der Waals surface area contributed by atoms with E-state index in [1.54, 1.807) is 30.1 Å². The largest absolute Gasteiger partial charge is 0.497 e. The lowest BCUT2D eigenvalue weighted by Crippen LogP contribution is -2.25. The number of nitrogens with one attached hydrogen (secondary N) is 1. The maximum absolute atomic E-state index is 12.2. The van der Waals surface area contributed by atoms with Crippen molar-refractivity contribution in [2.75, 3.05) is 13.7 Å². The molecule has 128 valence electrons. The Hall–Kier alpha value is -2.60. The second kappa shape index (κ2) is 7.98. The number of carbonyl (C=O) groups is 1. The van der Waals surface area contributed by atoms with Crippen molar-refractivity contribution in [2.45, 2.75) is 6.42 Å². The fourth-order valence-corrected chi connectivity index (χ4v) is 2.71. The lowest BCUT2D eigenvalue weighted by Gasteiger charge is -2.07. The van der Waals surface area contributed by atoms with Crippen LogP contribution in [0, 0.1) is 0 Å². The zero-order chi connectivity index (χ0) is 17.6. The molecule has 1 amide bonds. The standard InChI is InChI=1S/C19H18BrN3O2/c1-25-18-8-2-14(3-9-18)10-11-21-19(24)15-4-6-17(7-5-15)23-13-16(20)12-22-23/h2-9,12-13H,10-11H2,1H3,(H,21,24). The lowest BCUT2D eigenvalue weighted by molar-refractivity contribution is 0.0954. The Morgan fingerprint density at radius 1 is 1.16 bits per heavy atom. The molecule has 3 aromatic rings. The van der Waals surface area contributed by atoms with Crippen molar-refractivity contribution in [3.05, 3.63) is 76.5 Å². The number of methoxy groups -OCH3 is 1. The molecule has 25 heavy (non-hydrogen) atoms. The first kappa shape index (κ1) is 17.2. The van der Waals surface area contributed by atoms with Crippen LogP contribution in [-0.4, -0.2) is 29.3 Å². The molecule has 0 aliphatic rings. The molecule has 0 saturated heterocycles. The smallest absolute Gasteiger partial charge is 0.251 e. The summed E-state index contributed by atoms with van der Waals surface area (Å²) in [5.74, 6) is 0.749. The van der Waals surface area contributed by atoms with Gasteiger partial charge in [-0.25, -0.2) is 4.68 Å². The van der Waals surface area contributed by atoms with Crippen molar-refractivity contribution in [3.63, 3.8) is 0 Å². The highest BCUT2D eigenvalue weighted by Gasteiger charge is 2.06. The Bertz CT molecular complexity index is 842. The third kappa shape index (κ3) is 4.48. The van der Waals surface area contributed by atoms with E-state index in [2.05, 4.69) is 26.3 Å². The summed E-state index contributed by atoms with van der Waals surface area (Å²) in [4.78, 5) is 12.2. The summed E-state index contributed by atoms with van der Waals surface area (Å²) >= 11 is 3.37. The molecule has 3 rings (SSSR count). The van der Waals surface area contributed by atoms with E-state index >= 15 is 0 Å². The average Bonchev–Trinajstić information content (AvgIpc) is 3.09. The fourth-order valence-electron chi connectivity index (χ4n) is 2.42. The number of carbonyl (C=O) groups excluding carboxylic acids is 1. The molecule has 6 heteroatoms. The Morgan fingerprint density at radius 2 is 1.88 bits per heavy atom. The van der Waals surface area contributed by atoms with Gasteiger partial charge in [-0.1, -0.05) is 12.1 Å². The number of nitrogens with zero attached hydrogens (tertiary/aromatic N) is 2. The van der Waals surface area contributed by atoms with Crippen LogP contribution in [0.4, 0.5) is 0 Å². The molecule has 0 aliphatic heterocycles. The third-order valence-corrected chi connectivity index (χ3v) is 4.21. The predicted molar refractivity (Wildman–Crippen MR) is 100 cm³/mol. The molecule has 0 radical (unpaired) electrons. The minimum absolute atomic E-state index is 0.0818. The molecular formula is C19H18BrN3O2. The topological polar surface area (TPSA) is 56.1 Å². The predicted octanol–water partition coefficient (Wildman–Crippen LogP) is 3.62. The van der Waals surface area contributed by atoms with Gasteiger partial charge in [-0.15, -0.1) is 0 Å². The molecule has 0 spiro atoms. The van der Waals surface area contributed by atoms with Crippen molar-refractivity contribution >= 4 is 21.8 Å². The molecule has 0 saturated carbocycles. The summed E-state index contributed by atoms with van der Waals surface area (Å²) in [6.07, 6.45) is 4.36. The van der Waals surface area contributed by atoms with E-state index in [1.165, 1.54) is 0 Å². The van der Waals surface area contributed by atoms with Gasteiger partial charge in [0.1, 0.15) is 5.75 Å². The molecule has 0 unspecified atom stereocenters. The van der Waals surface area contributed by atoms with Crippen LogP contribution in [0.5, 0.6) is 5.75 Å². The van der Waals surface area contributed by atoms with Gasteiger partial charge in [0.15, 0.2) is 0 Å². The first-order valence-corrected chi connectivity index (χ1v) is 8.67. The Labute approximate surface area is 154 Å². The first-order valence-electron chi connectivity index (χ1n) is 7.87. The maximum atomic E-state index is 12.2. The van der Waals surface area contributed by atoms with Gasteiger partial charge in [0.2, 0.25) is 0 Å². The molecule has 0 fully saturated rings. The molecule has 0 bridgehead atoms. The van der Waals surface area contributed by atoms with Crippen molar-refractivity contribution < 1.29 is 9.53 Å². The summed E-state index contributed by atoms with van der Waals surface area (Å²) in [6, 6.07) is 15.2. The highest BCUT2D eigenvalue weighted by molar-refractivity contribution is 9.10. The van der Waals surface area contributed by atoms with Gasteiger partial charge in [-0.05, 0) is 64.3 Å². The number of hydrogen-bond acceptors (Lipinski definition) is 3. The normalized spacial score (nSPS) is 10.5. The van der Waals surface area contributed by atoms with Crippen molar-refractivity contribution in [3.8, 4) is 11.4 Å². The second-order valence-electron chi connectivity index (χ2n) is 5.50. The van der Waals surface area contributed by atoms with Crippen molar-refractivity contribution in [2.24, 2.45) is 0 Å². The minimum Gasteiger partial charge on any atom is -0.497 e. The van der Waals surface area contributed by atoms with E-state index < -0.39 is 0 Å². The van der Waals surface area contributed by atoms with E-state index in [4.69, 9.17) is 4.74 Å². The molecule has 1 aromatic heterocycles. The van der Waals surface area contributed by atoms with Gasteiger partial charge < -0.3 is 10.1 Å². The fraction of sp³-hybridized carbons (Fsp3) is 0.158. The Morgan fingerprint density at radius 3 is 2.48 bits per heavy atom. The summed E-state index contributed by atoms with van der Waals surface area (Å²) in [6.45, 7) is 0.582. The van der Waals surface area contributed by atoms with Gasteiger partial charge in [0.05, 0.1) is 23.5 Å². The lowest BCUT2D eigenvalue weighted by atomic mass is 10.1. The quantitative estimate of drug-likeness (QED) is 0.688. The van der Waals surface area contributed by atoms with Crippen molar-refractivity contribution in [1.29, 1.82) is 0 Å². The van der Waals surface area contributed by atoms with Crippen LogP contribution in [0.2, 0.25) is 0 Å². The summed E-state index contributed by atoms with van der Waals surface area (Å²) in [7, 11) is 1.64. The SMILES string of the molecule is COc1ccc(CCNC(=O)c2ccc(-n3cc(Br)cn3)cc2)cc1. The highest BCUT2D eigenvalue weighted by Crippen LogP contribution is 2.14. The van der Waals surface area contributed by atoms with Gasteiger partial charge in [0.25, 0.3) is 5.91 Å². The first-order chi connectivity index (χ1) is 12.2. The number of amides is 1. The van der Waals surface area contributed by atoms with Gasteiger partial charge in [-0.3, -0.25) is 4.79 Å². The summed E-state index contributed by atoms with van der Waals surface area (Å²) in [5.41, 5.74) is 2.69. The number of hydrogen-bond donors (Lipinski definition) is 1. The summed E-state index contributed by atoms with van der Waals surface area (Å²) in [5, 5.41) is 7.16. The number of halogens is 1. The van der Waals surface area contributed by atoms with E-state index in [0.717, 1.165) is 27.9 Å². The maximum Gasteiger partial charge on any atom is 0.251 e. The van der Waals surface area contributed by atoms with Gasteiger partial charge in [0, 0.05) is 18.3 Å². The van der Waals surface area contributed by atoms with Crippen molar-refractivity contribution in [1.82, 2.24) is 15.1 Å². The van der Waals surface area contributed by atoms with Crippen LogP contribution >= 0.6 is 15.9 Å². The van der Waals surface area contributed by atoms with Crippen LogP contribution < -0.4 is 10.1 Å². The van der Waals surface area contributed by atoms with Crippen LogP contribution in [0.3, 0.4) is 0 Å². The number of ether oxygens (including phenoxy) is 1. The number of aromatic nitrogens is 2. The molecule has 1 heterocycles. The van der Waals surface area contributed by atoms with Gasteiger partial charge in [-0.2, -0.15) is 5.10 Å². The van der Waals surface area contributed by atoms with E-state index in [1.807, 2.05) is 42.6 Å². The zero-order valence-corrected chi connectivity index (χ0v) is 15.4. The van der Waals surface area contributed by atoms with Gasteiger partial charge >= 0.3 is 0 Å².